The van der Waals surface area contributed by atoms with Crippen molar-refractivity contribution in [1.29, 1.82) is 0 Å². The minimum absolute atomic E-state index is 0.0772. The van der Waals surface area contributed by atoms with Crippen molar-refractivity contribution in [3.63, 3.8) is 0 Å². The SMILES string of the molecule is COc1ccc(CN2CCN(C(=O)CCCNC(=O)c3cccs3)CC2)c(OC)c1OC. The lowest BCUT2D eigenvalue weighted by Gasteiger charge is -2.35. The molecule has 9 heteroatoms. The summed E-state index contributed by atoms with van der Waals surface area (Å²) in [6, 6.07) is 7.52. The van der Waals surface area contributed by atoms with Crippen molar-refractivity contribution in [2.24, 2.45) is 0 Å². The van der Waals surface area contributed by atoms with Crippen molar-refractivity contribution in [1.82, 2.24) is 15.1 Å². The molecule has 1 aromatic heterocycles. The average molecular weight is 462 g/mol. The van der Waals surface area contributed by atoms with Gasteiger partial charge in [0, 0.05) is 51.3 Å². The molecule has 0 radical (unpaired) electrons. The minimum atomic E-state index is -0.0772. The van der Waals surface area contributed by atoms with Crippen LogP contribution in [0, 0.1) is 0 Å². The number of carbonyl (C=O) groups excluding carboxylic acids is 2. The number of benzene rings is 1. The van der Waals surface area contributed by atoms with Crippen LogP contribution in [0.5, 0.6) is 17.2 Å². The van der Waals surface area contributed by atoms with Gasteiger partial charge in [0.05, 0.1) is 26.2 Å². The zero-order valence-corrected chi connectivity index (χ0v) is 19.7. The average Bonchev–Trinajstić information content (AvgIpc) is 3.36. The van der Waals surface area contributed by atoms with Crippen LogP contribution >= 0.6 is 11.3 Å². The maximum atomic E-state index is 12.5. The Morgan fingerprint density at radius 2 is 1.75 bits per heavy atom. The molecule has 1 N–H and O–H groups in total. The quantitative estimate of drug-likeness (QED) is 0.548. The standard InChI is InChI=1S/C23H31N3O5S/c1-29-18-9-8-17(21(30-2)22(18)31-3)16-25-11-13-26(14-12-25)20(27)7-4-10-24-23(28)19-6-5-15-32-19/h5-6,8-9,15H,4,7,10-14,16H2,1-3H3,(H,24,28). The molecule has 1 aliphatic rings. The van der Waals surface area contributed by atoms with Gasteiger partial charge in [0.1, 0.15) is 0 Å². The van der Waals surface area contributed by atoms with Gasteiger partial charge in [-0.3, -0.25) is 14.5 Å². The van der Waals surface area contributed by atoms with E-state index in [1.807, 2.05) is 28.5 Å². The first-order chi connectivity index (χ1) is 15.6. The highest BCUT2D eigenvalue weighted by Crippen LogP contribution is 2.40. The lowest BCUT2D eigenvalue weighted by Crippen LogP contribution is -2.48. The van der Waals surface area contributed by atoms with Crippen LogP contribution in [-0.2, 0) is 11.3 Å². The first kappa shape index (κ1) is 23.9. The molecule has 1 fully saturated rings. The highest BCUT2D eigenvalue weighted by Gasteiger charge is 2.23. The van der Waals surface area contributed by atoms with E-state index in [-0.39, 0.29) is 11.8 Å². The second-order valence-electron chi connectivity index (χ2n) is 7.49. The van der Waals surface area contributed by atoms with E-state index in [0.29, 0.717) is 61.1 Å². The van der Waals surface area contributed by atoms with E-state index in [0.717, 1.165) is 18.7 Å². The molecule has 1 aromatic carbocycles. The molecule has 0 atom stereocenters. The summed E-state index contributed by atoms with van der Waals surface area (Å²) in [4.78, 5) is 29.4. The minimum Gasteiger partial charge on any atom is -0.493 e. The summed E-state index contributed by atoms with van der Waals surface area (Å²) in [6.45, 7) is 4.17. The van der Waals surface area contributed by atoms with Gasteiger partial charge in [-0.05, 0) is 23.9 Å². The van der Waals surface area contributed by atoms with Crippen LogP contribution in [0.3, 0.4) is 0 Å². The molecule has 1 aliphatic heterocycles. The van der Waals surface area contributed by atoms with Gasteiger partial charge in [0.25, 0.3) is 5.91 Å². The number of carbonyl (C=O) groups is 2. The third-order valence-corrected chi connectivity index (χ3v) is 6.37. The molecule has 1 saturated heterocycles. The Balaban J connectivity index is 1.43. The van der Waals surface area contributed by atoms with E-state index in [1.165, 1.54) is 11.3 Å². The first-order valence-electron chi connectivity index (χ1n) is 10.7. The Hall–Kier alpha value is -2.78. The van der Waals surface area contributed by atoms with Gasteiger partial charge in [0.2, 0.25) is 11.7 Å². The maximum absolute atomic E-state index is 12.5. The molecule has 8 nitrogen and oxygen atoms in total. The van der Waals surface area contributed by atoms with Crippen LogP contribution in [0.4, 0.5) is 0 Å². The van der Waals surface area contributed by atoms with Crippen molar-refractivity contribution < 1.29 is 23.8 Å². The smallest absolute Gasteiger partial charge is 0.261 e. The fourth-order valence-corrected chi connectivity index (χ4v) is 4.42. The number of amides is 2. The molecular formula is C23H31N3O5S. The normalized spacial score (nSPS) is 14.2. The highest BCUT2D eigenvalue weighted by atomic mass is 32.1. The summed E-state index contributed by atoms with van der Waals surface area (Å²) in [6.07, 6.45) is 1.08. The van der Waals surface area contributed by atoms with Crippen LogP contribution in [0.1, 0.15) is 28.1 Å². The second-order valence-corrected chi connectivity index (χ2v) is 8.43. The molecule has 0 spiro atoms. The Morgan fingerprint density at radius 1 is 1.00 bits per heavy atom. The van der Waals surface area contributed by atoms with Gasteiger partial charge in [-0.25, -0.2) is 0 Å². The zero-order valence-electron chi connectivity index (χ0n) is 18.9. The van der Waals surface area contributed by atoms with Gasteiger partial charge in [-0.1, -0.05) is 12.1 Å². The predicted octanol–water partition coefficient (Wildman–Crippen LogP) is 2.63. The monoisotopic (exact) mass is 461 g/mol. The third kappa shape index (κ3) is 5.92. The molecule has 0 bridgehead atoms. The molecule has 0 unspecified atom stereocenters. The first-order valence-corrected chi connectivity index (χ1v) is 11.5. The van der Waals surface area contributed by atoms with Gasteiger partial charge >= 0.3 is 0 Å². The molecular weight excluding hydrogens is 430 g/mol. The lowest BCUT2D eigenvalue weighted by molar-refractivity contribution is -0.133. The number of thiophene rings is 1. The van der Waals surface area contributed by atoms with Crippen LogP contribution < -0.4 is 19.5 Å². The summed E-state index contributed by atoms with van der Waals surface area (Å²) in [5, 5.41) is 4.74. The molecule has 2 amide bonds. The van der Waals surface area contributed by atoms with Crippen LogP contribution in [0.25, 0.3) is 0 Å². The number of piperazine rings is 1. The van der Waals surface area contributed by atoms with E-state index < -0.39 is 0 Å². The molecule has 32 heavy (non-hydrogen) atoms. The van der Waals surface area contributed by atoms with E-state index in [9.17, 15) is 9.59 Å². The second kappa shape index (κ2) is 11.7. The van der Waals surface area contributed by atoms with Gasteiger partial charge < -0.3 is 24.4 Å². The Morgan fingerprint density at radius 3 is 2.38 bits per heavy atom. The number of rotatable bonds is 10. The van der Waals surface area contributed by atoms with E-state index in [1.54, 1.807) is 27.4 Å². The Bertz CT molecular complexity index is 895. The fraction of sp³-hybridized carbons (Fsp3) is 0.478. The van der Waals surface area contributed by atoms with Crippen LogP contribution in [0.2, 0.25) is 0 Å². The van der Waals surface area contributed by atoms with Crippen molar-refractivity contribution in [2.75, 3.05) is 54.1 Å². The van der Waals surface area contributed by atoms with E-state index in [4.69, 9.17) is 14.2 Å². The Labute approximate surface area is 193 Å². The van der Waals surface area contributed by atoms with Gasteiger partial charge in [0.15, 0.2) is 11.5 Å². The van der Waals surface area contributed by atoms with Crippen molar-refractivity contribution in [3.05, 3.63) is 40.1 Å². The highest BCUT2D eigenvalue weighted by molar-refractivity contribution is 7.12. The number of ether oxygens (including phenoxy) is 3. The van der Waals surface area contributed by atoms with Crippen molar-refractivity contribution in [3.8, 4) is 17.2 Å². The predicted molar refractivity (Wildman–Crippen MR) is 124 cm³/mol. The van der Waals surface area contributed by atoms with Crippen LogP contribution in [-0.4, -0.2) is 75.7 Å². The third-order valence-electron chi connectivity index (χ3n) is 5.50. The van der Waals surface area contributed by atoms with Gasteiger partial charge in [-0.15, -0.1) is 11.3 Å². The fourth-order valence-electron chi connectivity index (χ4n) is 3.78. The summed E-state index contributed by atoms with van der Waals surface area (Å²) in [5.41, 5.74) is 1.02. The number of nitrogens with one attached hydrogen (secondary N) is 1. The number of methoxy groups -OCH3 is 3. The lowest BCUT2D eigenvalue weighted by atomic mass is 10.1. The number of hydrogen-bond acceptors (Lipinski definition) is 7. The van der Waals surface area contributed by atoms with E-state index in [2.05, 4.69) is 10.2 Å². The summed E-state index contributed by atoms with van der Waals surface area (Å²) in [7, 11) is 4.83. The van der Waals surface area contributed by atoms with Gasteiger partial charge in [-0.2, -0.15) is 0 Å². The summed E-state index contributed by atoms with van der Waals surface area (Å²) in [5.74, 6) is 1.96. The zero-order chi connectivity index (χ0) is 22.9. The molecule has 174 valence electrons. The summed E-state index contributed by atoms with van der Waals surface area (Å²) >= 11 is 1.41. The van der Waals surface area contributed by atoms with E-state index >= 15 is 0 Å². The number of nitrogens with zero attached hydrogens (tertiary/aromatic N) is 2. The molecule has 3 rings (SSSR count). The summed E-state index contributed by atoms with van der Waals surface area (Å²) < 4.78 is 16.4. The molecule has 0 aliphatic carbocycles. The van der Waals surface area contributed by atoms with Crippen molar-refractivity contribution in [2.45, 2.75) is 19.4 Å². The van der Waals surface area contributed by atoms with Crippen molar-refractivity contribution >= 4 is 23.2 Å². The number of hydrogen-bond donors (Lipinski definition) is 1. The topological polar surface area (TPSA) is 80.3 Å². The molecule has 2 aromatic rings. The Kier molecular flexibility index (Phi) is 8.75. The molecule has 2 heterocycles. The van der Waals surface area contributed by atoms with Crippen LogP contribution in [0.15, 0.2) is 29.6 Å². The molecule has 0 saturated carbocycles. The largest absolute Gasteiger partial charge is 0.493 e. The maximum Gasteiger partial charge on any atom is 0.261 e.